The van der Waals surface area contributed by atoms with Crippen molar-refractivity contribution in [2.24, 2.45) is 0 Å². The van der Waals surface area contributed by atoms with E-state index in [-0.39, 0.29) is 18.4 Å². The molecule has 0 unspecified atom stereocenters. The summed E-state index contributed by atoms with van der Waals surface area (Å²) < 4.78 is 5.77. The van der Waals surface area contributed by atoms with E-state index in [0.717, 1.165) is 12.8 Å². The van der Waals surface area contributed by atoms with Gasteiger partial charge >= 0.3 is 0 Å². The van der Waals surface area contributed by atoms with E-state index in [2.05, 4.69) is 4.98 Å². The monoisotopic (exact) mass is 279 g/mol. The summed E-state index contributed by atoms with van der Waals surface area (Å²) in [5.74, 6) is 0.541. The molecule has 2 rings (SSSR count). The first-order valence-electron chi connectivity index (χ1n) is 6.11. The smallest absolute Gasteiger partial charge is 0.236 e. The Hall–Kier alpha value is -1.80. The van der Waals surface area contributed by atoms with Crippen LogP contribution in [0.1, 0.15) is 19.3 Å². The Balaban J connectivity index is 1.84. The minimum absolute atomic E-state index is 0.0518. The number of pyridine rings is 1. The fourth-order valence-corrected chi connectivity index (χ4v) is 2.22. The number of rotatable bonds is 3. The molecule has 2 heterocycles. The number of halogens is 1. The van der Waals surface area contributed by atoms with Crippen LogP contribution in [0.4, 0.5) is 0 Å². The molecule has 0 spiro atoms. The Morgan fingerprint density at radius 2 is 2.26 bits per heavy atom. The molecular weight excluding hydrogens is 266 g/mol. The van der Waals surface area contributed by atoms with Gasteiger partial charge < -0.3 is 9.64 Å². The van der Waals surface area contributed by atoms with Gasteiger partial charge in [0.1, 0.15) is 18.3 Å². The largest absolute Gasteiger partial charge is 0.489 e. The van der Waals surface area contributed by atoms with E-state index >= 15 is 0 Å². The van der Waals surface area contributed by atoms with Crippen molar-refractivity contribution in [3.8, 4) is 11.8 Å². The lowest BCUT2D eigenvalue weighted by Gasteiger charge is -2.31. The number of carbonyl (C=O) groups is 1. The highest BCUT2D eigenvalue weighted by Crippen LogP contribution is 2.21. The van der Waals surface area contributed by atoms with Crippen molar-refractivity contribution < 1.29 is 9.53 Å². The Morgan fingerprint density at radius 1 is 1.53 bits per heavy atom. The molecule has 1 saturated heterocycles. The predicted octanol–water partition coefficient (Wildman–Crippen LogP) is 2.02. The number of piperidine rings is 1. The molecule has 100 valence electrons. The van der Waals surface area contributed by atoms with E-state index in [9.17, 15) is 4.79 Å². The van der Waals surface area contributed by atoms with Crippen LogP contribution in [0.5, 0.6) is 5.75 Å². The first-order chi connectivity index (χ1) is 9.19. The molecule has 1 aliphatic heterocycles. The molecule has 0 aromatic carbocycles. The molecule has 0 bridgehead atoms. The predicted molar refractivity (Wildman–Crippen MR) is 69.7 cm³/mol. The molecule has 1 fully saturated rings. The van der Waals surface area contributed by atoms with Gasteiger partial charge in [-0.3, -0.25) is 9.78 Å². The fourth-order valence-electron chi connectivity index (χ4n) is 2.05. The zero-order valence-electron chi connectivity index (χ0n) is 10.4. The molecular formula is C13H14ClN3O2. The van der Waals surface area contributed by atoms with Crippen molar-refractivity contribution in [2.75, 3.05) is 13.1 Å². The summed E-state index contributed by atoms with van der Waals surface area (Å²) in [5, 5.41) is 9.04. The van der Waals surface area contributed by atoms with Crippen molar-refractivity contribution in [3.05, 3.63) is 23.5 Å². The van der Waals surface area contributed by atoms with Gasteiger partial charge in [-0.25, -0.2) is 0 Å². The summed E-state index contributed by atoms with van der Waals surface area (Å²) >= 11 is 5.84. The standard InChI is InChI=1S/C13H14ClN3O2/c14-10-7-12(9-16-8-10)19-11-2-5-17(6-3-11)13(18)1-4-15/h7-9,11H,1-3,5-6H2. The number of nitrogens with zero attached hydrogens (tertiary/aromatic N) is 3. The number of hydrogen-bond acceptors (Lipinski definition) is 4. The zero-order chi connectivity index (χ0) is 13.7. The van der Waals surface area contributed by atoms with Crippen LogP contribution < -0.4 is 4.74 Å². The lowest BCUT2D eigenvalue weighted by molar-refractivity contribution is -0.131. The van der Waals surface area contributed by atoms with E-state index in [1.807, 2.05) is 6.07 Å². The number of likely N-dealkylation sites (tertiary alicyclic amines) is 1. The normalized spacial score (nSPS) is 15.9. The Kier molecular flexibility index (Phi) is 4.58. The minimum Gasteiger partial charge on any atom is -0.489 e. The first kappa shape index (κ1) is 13.6. The van der Waals surface area contributed by atoms with Crippen molar-refractivity contribution in [1.82, 2.24) is 9.88 Å². The van der Waals surface area contributed by atoms with Crippen LogP contribution in [0.3, 0.4) is 0 Å². The van der Waals surface area contributed by atoms with Gasteiger partial charge in [0, 0.05) is 38.2 Å². The summed E-state index contributed by atoms with van der Waals surface area (Å²) in [6, 6.07) is 3.60. The van der Waals surface area contributed by atoms with Gasteiger partial charge in [-0.15, -0.1) is 0 Å². The molecule has 1 amide bonds. The van der Waals surface area contributed by atoms with Gasteiger partial charge in [0.25, 0.3) is 0 Å². The average molecular weight is 280 g/mol. The summed E-state index contributed by atoms with van der Waals surface area (Å²) in [6.07, 6.45) is 4.69. The fraction of sp³-hybridized carbons (Fsp3) is 0.462. The molecule has 0 atom stereocenters. The third-order valence-electron chi connectivity index (χ3n) is 3.01. The second-order valence-corrected chi connectivity index (χ2v) is 4.81. The summed E-state index contributed by atoms with van der Waals surface area (Å²) in [4.78, 5) is 17.2. The number of amides is 1. The number of ether oxygens (including phenoxy) is 1. The lowest BCUT2D eigenvalue weighted by atomic mass is 10.1. The zero-order valence-corrected chi connectivity index (χ0v) is 11.1. The summed E-state index contributed by atoms with van der Waals surface area (Å²) in [6.45, 7) is 1.25. The Morgan fingerprint density at radius 3 is 2.89 bits per heavy atom. The molecule has 1 aromatic heterocycles. The van der Waals surface area contributed by atoms with Crippen molar-refractivity contribution >= 4 is 17.5 Å². The highest BCUT2D eigenvalue weighted by atomic mass is 35.5. The van der Waals surface area contributed by atoms with Crippen LogP contribution >= 0.6 is 11.6 Å². The van der Waals surface area contributed by atoms with E-state index in [1.54, 1.807) is 23.4 Å². The maximum Gasteiger partial charge on any atom is 0.236 e. The van der Waals surface area contributed by atoms with Gasteiger partial charge in [-0.2, -0.15) is 5.26 Å². The maximum absolute atomic E-state index is 11.5. The third-order valence-corrected chi connectivity index (χ3v) is 3.21. The van der Waals surface area contributed by atoms with Gasteiger partial charge in [-0.05, 0) is 0 Å². The SMILES string of the molecule is N#CCC(=O)N1CCC(Oc2cncc(Cl)c2)CC1. The second kappa shape index (κ2) is 6.39. The topological polar surface area (TPSA) is 66.2 Å². The molecule has 6 heteroatoms. The van der Waals surface area contributed by atoms with Crippen LogP contribution in [0.2, 0.25) is 5.02 Å². The van der Waals surface area contributed by atoms with E-state index < -0.39 is 0 Å². The van der Waals surface area contributed by atoms with Gasteiger partial charge in [0.05, 0.1) is 17.3 Å². The minimum atomic E-state index is -0.106. The summed E-state index contributed by atoms with van der Waals surface area (Å²) in [7, 11) is 0. The summed E-state index contributed by atoms with van der Waals surface area (Å²) in [5.41, 5.74) is 0. The maximum atomic E-state index is 11.5. The highest BCUT2D eigenvalue weighted by Gasteiger charge is 2.23. The van der Waals surface area contributed by atoms with Crippen LogP contribution in [0.25, 0.3) is 0 Å². The molecule has 0 aliphatic carbocycles. The number of nitriles is 1. The number of aromatic nitrogens is 1. The van der Waals surface area contributed by atoms with Gasteiger partial charge in [0.2, 0.25) is 5.91 Å². The molecule has 19 heavy (non-hydrogen) atoms. The van der Waals surface area contributed by atoms with Crippen molar-refractivity contribution in [2.45, 2.75) is 25.4 Å². The van der Waals surface area contributed by atoms with Gasteiger partial charge in [-0.1, -0.05) is 11.6 Å². The molecule has 0 saturated carbocycles. The van der Waals surface area contributed by atoms with E-state index in [1.165, 1.54) is 0 Å². The number of hydrogen-bond donors (Lipinski definition) is 0. The molecule has 1 aliphatic rings. The quantitative estimate of drug-likeness (QED) is 0.849. The van der Waals surface area contributed by atoms with Crippen molar-refractivity contribution in [1.29, 1.82) is 5.26 Å². The van der Waals surface area contributed by atoms with E-state index in [4.69, 9.17) is 21.6 Å². The van der Waals surface area contributed by atoms with Crippen LogP contribution in [0.15, 0.2) is 18.5 Å². The first-order valence-corrected chi connectivity index (χ1v) is 6.49. The second-order valence-electron chi connectivity index (χ2n) is 4.37. The van der Waals surface area contributed by atoms with Crippen LogP contribution in [-0.4, -0.2) is 35.0 Å². The third kappa shape index (κ3) is 3.83. The number of carbonyl (C=O) groups excluding carboxylic acids is 1. The van der Waals surface area contributed by atoms with E-state index in [0.29, 0.717) is 23.9 Å². The molecule has 1 aromatic rings. The molecule has 0 N–H and O–H groups in total. The average Bonchev–Trinajstić information content (AvgIpc) is 2.40. The Labute approximate surface area is 116 Å². The highest BCUT2D eigenvalue weighted by molar-refractivity contribution is 6.30. The van der Waals surface area contributed by atoms with Gasteiger partial charge in [0.15, 0.2) is 0 Å². The van der Waals surface area contributed by atoms with Crippen LogP contribution in [-0.2, 0) is 4.79 Å². The molecule has 5 nitrogen and oxygen atoms in total. The lowest BCUT2D eigenvalue weighted by Crippen LogP contribution is -2.41. The Bertz CT molecular complexity index is 493. The van der Waals surface area contributed by atoms with Crippen LogP contribution in [0, 0.1) is 11.3 Å². The van der Waals surface area contributed by atoms with Crippen molar-refractivity contribution in [3.63, 3.8) is 0 Å². The molecule has 0 radical (unpaired) electrons.